The molecule has 0 spiro atoms. The summed E-state index contributed by atoms with van der Waals surface area (Å²) in [7, 11) is 0. The second-order valence-electron chi connectivity index (χ2n) is 17.5. The molecule has 270 valence electrons. The zero-order chi connectivity index (χ0) is 35.7. The molecule has 0 N–H and O–H groups in total. The van der Waals surface area contributed by atoms with E-state index in [1.807, 2.05) is 0 Å². The molecule has 2 aliphatic rings. The predicted octanol–water partition coefficient (Wildman–Crippen LogP) is 13.4. The standard InChI is InChI=1S/C21H25.C11H17.2C7H5Cl.2ClH.Zr/c1-20(2,3)16-7-9-18-14(12-16)11-15-13-17(21(4,5)6)8-10-19(15)18;1-8-6-9(2)10(7-8)11(3,4)5;2*1-6-2-4-7(8)5-3-6;;;/h7-10,12H,11H2,1-6H3;7-8H,1-5H3;2*1-5H;2*1H;. The smallest absolute Gasteiger partial charge is 0.147 e. The molecule has 0 radical (unpaired) electrons. The Balaban J connectivity index is 0.00000292. The van der Waals surface area contributed by atoms with Crippen LogP contribution in [-0.2, 0) is 36.5 Å². The van der Waals surface area contributed by atoms with Gasteiger partial charge in [0.1, 0.15) is 0 Å². The van der Waals surface area contributed by atoms with Crippen LogP contribution in [0.4, 0.5) is 0 Å². The zero-order valence-corrected chi connectivity index (χ0v) is 37.7. The van der Waals surface area contributed by atoms with Crippen LogP contribution in [0.3, 0.4) is 0 Å². The van der Waals surface area contributed by atoms with E-state index in [4.69, 9.17) is 23.2 Å². The van der Waals surface area contributed by atoms with Gasteiger partial charge in [-0.1, -0.05) is 0 Å². The van der Waals surface area contributed by atoms with Gasteiger partial charge >= 0.3 is 312 Å². The Morgan fingerprint density at radius 3 is 1.61 bits per heavy atom. The van der Waals surface area contributed by atoms with Crippen LogP contribution in [0.25, 0.3) is 11.1 Å². The largest absolute Gasteiger partial charge is 0.147 e. The Kier molecular flexibility index (Phi) is 12.4. The minimum absolute atomic E-state index is 0. The molecule has 2 aliphatic carbocycles. The first-order valence-electron chi connectivity index (χ1n) is 17.8. The Hall–Kier alpha value is -1.86. The molecule has 0 aliphatic heterocycles. The summed E-state index contributed by atoms with van der Waals surface area (Å²) in [5.74, 6) is 0.317. The molecule has 0 bridgehead atoms. The molecule has 0 aromatic heterocycles. The van der Waals surface area contributed by atoms with Gasteiger partial charge < -0.3 is 0 Å². The van der Waals surface area contributed by atoms with E-state index in [0.717, 1.165) is 16.5 Å². The van der Waals surface area contributed by atoms with Crippen molar-refractivity contribution < 1.29 is 19.3 Å². The van der Waals surface area contributed by atoms with Gasteiger partial charge in [-0.15, -0.1) is 24.8 Å². The van der Waals surface area contributed by atoms with Crippen LogP contribution in [0.2, 0.25) is 10.0 Å². The van der Waals surface area contributed by atoms with E-state index in [-0.39, 0.29) is 41.1 Å². The molecule has 0 amide bonds. The van der Waals surface area contributed by atoms with Crippen molar-refractivity contribution in [2.24, 2.45) is 11.3 Å². The molecule has 0 heterocycles. The van der Waals surface area contributed by atoms with Crippen LogP contribution in [0, 0.1) is 11.3 Å². The average molecular weight is 840 g/mol. The maximum atomic E-state index is 6.51. The van der Waals surface area contributed by atoms with E-state index in [1.54, 1.807) is 6.55 Å². The first kappa shape index (κ1) is 41.9. The van der Waals surface area contributed by atoms with Crippen LogP contribution < -0.4 is 3.27 Å². The van der Waals surface area contributed by atoms with Crippen LogP contribution in [0.15, 0.2) is 99.4 Å². The molecule has 0 nitrogen and oxygen atoms in total. The number of rotatable bonds is 4. The van der Waals surface area contributed by atoms with Gasteiger partial charge in [-0.2, -0.15) is 0 Å². The Bertz CT molecular complexity index is 2080. The van der Waals surface area contributed by atoms with Crippen LogP contribution in [0.5, 0.6) is 0 Å². The van der Waals surface area contributed by atoms with Crippen LogP contribution in [-0.4, -0.2) is 7.42 Å². The summed E-state index contributed by atoms with van der Waals surface area (Å²) >= 11 is 8.92. The van der Waals surface area contributed by atoms with Gasteiger partial charge in [0.15, 0.2) is 0 Å². The summed E-state index contributed by atoms with van der Waals surface area (Å²) in [5.41, 5.74) is 14.2. The number of hydrogen-bond acceptors (Lipinski definition) is 0. The second kappa shape index (κ2) is 15.1. The second-order valence-corrected chi connectivity index (χ2v) is 26.6. The van der Waals surface area contributed by atoms with E-state index >= 15 is 0 Å². The minimum Gasteiger partial charge on any atom is -0.147 e. The Labute approximate surface area is 333 Å². The van der Waals surface area contributed by atoms with Gasteiger partial charge in [0, 0.05) is 0 Å². The third-order valence-corrected chi connectivity index (χ3v) is 22.7. The molecule has 6 rings (SSSR count). The van der Waals surface area contributed by atoms with Crippen molar-refractivity contribution in [1.82, 2.24) is 0 Å². The first-order chi connectivity index (χ1) is 22.8. The predicted molar refractivity (Wildman–Crippen MR) is 229 cm³/mol. The molecular weight excluding hydrogens is 786 g/mol. The fraction of sp³-hybridized carbons (Fsp3) is 0.348. The fourth-order valence-electron chi connectivity index (χ4n) is 8.41. The van der Waals surface area contributed by atoms with Crippen molar-refractivity contribution in [3.05, 3.63) is 143 Å². The van der Waals surface area contributed by atoms with Crippen molar-refractivity contribution >= 4 is 58.7 Å². The average Bonchev–Trinajstić information content (AvgIpc) is 3.53. The SMILES string of the molecule is CC1=[C]([Zr](=[CH]c2ccc(Cl)cc2)(=[CH]c2ccc(Cl)cc2)[c]2c(C(C)(C)C)ccc3c2Cc2cc(C(C)(C)C)ccc2-3)C(C)C=C1C(C)(C)C.Cl.Cl. The molecule has 5 heteroatoms. The number of fused-ring (bicyclic) bond motifs is 3. The molecular formula is C46H54Cl4Zr. The fourth-order valence-corrected chi connectivity index (χ4v) is 22.4. The molecule has 4 aromatic rings. The molecule has 4 aromatic carbocycles. The van der Waals surface area contributed by atoms with E-state index in [9.17, 15) is 0 Å². The Morgan fingerprint density at radius 2 is 1.16 bits per heavy atom. The number of halogens is 4. The van der Waals surface area contributed by atoms with Crippen molar-refractivity contribution in [2.75, 3.05) is 0 Å². The van der Waals surface area contributed by atoms with Gasteiger partial charge in [0.25, 0.3) is 0 Å². The van der Waals surface area contributed by atoms with Crippen molar-refractivity contribution in [3.8, 4) is 11.1 Å². The van der Waals surface area contributed by atoms with Gasteiger partial charge in [-0.25, -0.2) is 0 Å². The molecule has 1 unspecified atom stereocenters. The van der Waals surface area contributed by atoms with E-state index in [0.29, 0.717) is 5.92 Å². The Morgan fingerprint density at radius 1 is 0.647 bits per heavy atom. The quantitative estimate of drug-likeness (QED) is 0.169. The summed E-state index contributed by atoms with van der Waals surface area (Å²) in [6.45, 7) is 26.1. The summed E-state index contributed by atoms with van der Waals surface area (Å²) in [5, 5.41) is 1.53. The minimum atomic E-state index is -4.10. The topological polar surface area (TPSA) is 0 Å². The van der Waals surface area contributed by atoms with Crippen LogP contribution in [0.1, 0.15) is 110 Å². The molecule has 1 atom stereocenters. The van der Waals surface area contributed by atoms with Gasteiger partial charge in [-0.3, -0.25) is 0 Å². The van der Waals surface area contributed by atoms with Crippen molar-refractivity contribution in [1.29, 1.82) is 0 Å². The maximum Gasteiger partial charge on any atom is -0.147 e. The number of benzene rings is 4. The van der Waals surface area contributed by atoms with Crippen molar-refractivity contribution in [3.63, 3.8) is 0 Å². The first-order valence-corrected chi connectivity index (χ1v) is 23.8. The molecule has 0 fully saturated rings. The van der Waals surface area contributed by atoms with Gasteiger partial charge in [0.05, 0.1) is 0 Å². The maximum absolute atomic E-state index is 6.51. The van der Waals surface area contributed by atoms with E-state index < -0.39 is 19.3 Å². The normalized spacial score (nSPS) is 15.5. The van der Waals surface area contributed by atoms with Gasteiger partial charge in [-0.05, 0) is 0 Å². The number of hydrogen-bond donors (Lipinski definition) is 0. The third-order valence-electron chi connectivity index (χ3n) is 10.6. The van der Waals surface area contributed by atoms with Crippen molar-refractivity contribution in [2.45, 2.75) is 93.4 Å². The van der Waals surface area contributed by atoms with Gasteiger partial charge in [0.2, 0.25) is 0 Å². The molecule has 0 saturated carbocycles. The van der Waals surface area contributed by atoms with E-state index in [2.05, 4.69) is 169 Å². The summed E-state index contributed by atoms with van der Waals surface area (Å²) in [6.07, 6.45) is 3.53. The zero-order valence-electron chi connectivity index (χ0n) is 32.1. The summed E-state index contributed by atoms with van der Waals surface area (Å²) in [6, 6.07) is 29.2. The summed E-state index contributed by atoms with van der Waals surface area (Å²) in [4.78, 5) is 0. The summed E-state index contributed by atoms with van der Waals surface area (Å²) < 4.78 is 8.74. The van der Waals surface area contributed by atoms with E-state index in [1.165, 1.54) is 55.7 Å². The molecule has 51 heavy (non-hydrogen) atoms. The molecule has 0 saturated heterocycles. The van der Waals surface area contributed by atoms with Crippen LogP contribution >= 0.6 is 48.0 Å². The number of allylic oxidation sites excluding steroid dienone is 4. The monoisotopic (exact) mass is 836 g/mol. The third kappa shape index (κ3) is 8.15.